The van der Waals surface area contributed by atoms with Crippen LogP contribution >= 0.6 is 0 Å². The van der Waals surface area contributed by atoms with Crippen LogP contribution in [0.2, 0.25) is 0 Å². The smallest absolute Gasteiger partial charge is 0.252 e. The molecule has 2 aliphatic heterocycles. The molecule has 2 aliphatic rings. The molecule has 2 aromatic carbocycles. The fraction of sp³-hybridized carbons (Fsp3) is 0.273. The Bertz CT molecular complexity index is 913. The quantitative estimate of drug-likeness (QED) is 0.745. The number of hydrogen-bond acceptors (Lipinski definition) is 5. The molecule has 1 unspecified atom stereocenters. The molecule has 0 aromatic heterocycles. The zero-order valence-corrected chi connectivity index (χ0v) is 15.6. The summed E-state index contributed by atoms with van der Waals surface area (Å²) in [4.78, 5) is 16.9. The van der Waals surface area contributed by atoms with Crippen LogP contribution in [0.4, 0.5) is 0 Å². The van der Waals surface area contributed by atoms with Crippen LogP contribution in [-0.2, 0) is 4.79 Å². The minimum Gasteiger partial charge on any atom is -0.457 e. The van der Waals surface area contributed by atoms with Crippen molar-refractivity contribution in [2.24, 2.45) is 22.4 Å². The van der Waals surface area contributed by atoms with Gasteiger partial charge in [0.05, 0.1) is 17.3 Å². The van der Waals surface area contributed by atoms with Gasteiger partial charge in [-0.3, -0.25) is 9.79 Å². The molecule has 2 aromatic rings. The van der Waals surface area contributed by atoms with Gasteiger partial charge in [0.1, 0.15) is 11.5 Å². The van der Waals surface area contributed by atoms with Crippen LogP contribution in [0.3, 0.4) is 0 Å². The van der Waals surface area contributed by atoms with E-state index in [1.165, 1.54) is 0 Å². The van der Waals surface area contributed by atoms with Gasteiger partial charge in [0.2, 0.25) is 0 Å². The maximum absolute atomic E-state index is 12.1. The Balaban J connectivity index is 1.60. The Labute approximate surface area is 164 Å². The number of primary amides is 1. The van der Waals surface area contributed by atoms with Crippen LogP contribution < -0.4 is 21.5 Å². The normalized spacial score (nSPS) is 20.1. The molecule has 5 N–H and O–H groups in total. The van der Waals surface area contributed by atoms with Gasteiger partial charge in [0.25, 0.3) is 5.91 Å². The minimum absolute atomic E-state index is 0.181. The molecule has 28 heavy (non-hydrogen) atoms. The molecular formula is C22H24N4O2. The molecule has 6 heteroatoms. The highest BCUT2D eigenvalue weighted by atomic mass is 16.5. The highest BCUT2D eigenvalue weighted by molar-refractivity contribution is 6.29. The van der Waals surface area contributed by atoms with Crippen molar-refractivity contribution in [3.05, 3.63) is 71.4 Å². The number of hydrogen-bond donors (Lipinski definition) is 3. The topological polar surface area (TPSA) is 103 Å². The lowest BCUT2D eigenvalue weighted by Crippen LogP contribution is -2.35. The van der Waals surface area contributed by atoms with Crippen LogP contribution in [0, 0.1) is 5.92 Å². The lowest BCUT2D eigenvalue weighted by atomic mass is 9.88. The van der Waals surface area contributed by atoms with Gasteiger partial charge in [0, 0.05) is 11.3 Å². The molecule has 144 valence electrons. The standard InChI is InChI=1S/C22H24N4O2/c23-19-18(22(24)27)20(26-21(19)15-10-12-25-13-11-15)14-6-8-17(9-7-14)28-16-4-2-1-3-5-16/h1-9,15,21,25H,10-13,23H2,(H2,24,27). The Morgan fingerprint density at radius 3 is 2.29 bits per heavy atom. The number of ether oxygens (including phenoxy) is 1. The van der Waals surface area contributed by atoms with Gasteiger partial charge in [-0.05, 0) is 68.2 Å². The van der Waals surface area contributed by atoms with Gasteiger partial charge in [-0.15, -0.1) is 0 Å². The molecule has 6 nitrogen and oxygen atoms in total. The first-order valence-electron chi connectivity index (χ1n) is 9.55. The number of carbonyl (C=O) groups is 1. The van der Waals surface area contributed by atoms with Crippen molar-refractivity contribution in [3.63, 3.8) is 0 Å². The Kier molecular flexibility index (Phi) is 5.12. The van der Waals surface area contributed by atoms with Crippen molar-refractivity contribution in [1.29, 1.82) is 0 Å². The van der Waals surface area contributed by atoms with Crippen LogP contribution in [0.25, 0.3) is 0 Å². The number of para-hydroxylation sites is 1. The number of nitrogens with two attached hydrogens (primary N) is 2. The Hall–Kier alpha value is -3.12. The molecule has 1 fully saturated rings. The number of amides is 1. The third-order valence-electron chi connectivity index (χ3n) is 5.30. The first kappa shape index (κ1) is 18.3. The molecule has 0 radical (unpaired) electrons. The summed E-state index contributed by atoms with van der Waals surface area (Å²) >= 11 is 0. The Morgan fingerprint density at radius 2 is 1.64 bits per heavy atom. The SMILES string of the molecule is NC(=O)C1=C(N)C(C2CCNCC2)N=C1c1ccc(Oc2ccccc2)cc1. The maximum atomic E-state index is 12.1. The molecule has 0 bridgehead atoms. The highest BCUT2D eigenvalue weighted by Gasteiger charge is 2.35. The van der Waals surface area contributed by atoms with Gasteiger partial charge in [-0.1, -0.05) is 18.2 Å². The van der Waals surface area contributed by atoms with Crippen LogP contribution in [0.5, 0.6) is 11.5 Å². The predicted molar refractivity (Wildman–Crippen MR) is 109 cm³/mol. The van der Waals surface area contributed by atoms with Crippen molar-refractivity contribution >= 4 is 11.6 Å². The average molecular weight is 376 g/mol. The number of nitrogens with zero attached hydrogens (tertiary/aromatic N) is 1. The Morgan fingerprint density at radius 1 is 1.00 bits per heavy atom. The molecule has 1 saturated heterocycles. The lowest BCUT2D eigenvalue weighted by Gasteiger charge is -2.26. The van der Waals surface area contributed by atoms with E-state index in [2.05, 4.69) is 5.32 Å². The summed E-state index contributed by atoms with van der Waals surface area (Å²) in [6.07, 6.45) is 1.97. The third kappa shape index (κ3) is 3.64. The van der Waals surface area contributed by atoms with E-state index in [0.717, 1.165) is 37.2 Å². The number of aliphatic imine (C=N–C) groups is 1. The van der Waals surface area contributed by atoms with Crippen LogP contribution in [0.1, 0.15) is 18.4 Å². The second-order valence-electron chi connectivity index (χ2n) is 7.14. The summed E-state index contributed by atoms with van der Waals surface area (Å²) in [6.45, 7) is 1.88. The molecule has 2 heterocycles. The number of piperidine rings is 1. The van der Waals surface area contributed by atoms with Gasteiger partial charge < -0.3 is 21.5 Å². The van der Waals surface area contributed by atoms with Crippen molar-refractivity contribution in [1.82, 2.24) is 5.32 Å². The zero-order valence-electron chi connectivity index (χ0n) is 15.6. The lowest BCUT2D eigenvalue weighted by molar-refractivity contribution is -0.114. The second-order valence-corrected chi connectivity index (χ2v) is 7.14. The fourth-order valence-corrected chi connectivity index (χ4v) is 3.86. The maximum Gasteiger partial charge on any atom is 0.252 e. The third-order valence-corrected chi connectivity index (χ3v) is 5.30. The van der Waals surface area contributed by atoms with E-state index in [1.807, 2.05) is 54.6 Å². The van der Waals surface area contributed by atoms with Crippen LogP contribution in [0.15, 0.2) is 70.9 Å². The van der Waals surface area contributed by atoms with Crippen LogP contribution in [-0.4, -0.2) is 30.8 Å². The van der Waals surface area contributed by atoms with Gasteiger partial charge in [-0.25, -0.2) is 0 Å². The second kappa shape index (κ2) is 7.86. The molecular weight excluding hydrogens is 352 g/mol. The molecule has 1 atom stereocenters. The van der Waals surface area contributed by atoms with E-state index in [-0.39, 0.29) is 6.04 Å². The van der Waals surface area contributed by atoms with E-state index >= 15 is 0 Å². The van der Waals surface area contributed by atoms with Crippen molar-refractivity contribution in [2.45, 2.75) is 18.9 Å². The van der Waals surface area contributed by atoms with Gasteiger partial charge in [0.15, 0.2) is 0 Å². The summed E-state index contributed by atoms with van der Waals surface area (Å²) in [7, 11) is 0. The van der Waals surface area contributed by atoms with Crippen molar-refractivity contribution < 1.29 is 9.53 Å². The molecule has 0 spiro atoms. The zero-order chi connectivity index (χ0) is 19.5. The van der Waals surface area contributed by atoms with E-state index in [1.54, 1.807) is 0 Å². The number of benzene rings is 2. The van der Waals surface area contributed by atoms with E-state index < -0.39 is 5.91 Å². The van der Waals surface area contributed by atoms with Crippen molar-refractivity contribution in [2.75, 3.05) is 13.1 Å². The number of nitrogens with one attached hydrogen (secondary N) is 1. The van der Waals surface area contributed by atoms with Gasteiger partial charge in [-0.2, -0.15) is 0 Å². The molecule has 4 rings (SSSR count). The largest absolute Gasteiger partial charge is 0.457 e. The number of carbonyl (C=O) groups excluding carboxylic acids is 1. The highest BCUT2D eigenvalue weighted by Crippen LogP contribution is 2.32. The summed E-state index contributed by atoms with van der Waals surface area (Å²) in [5, 5.41) is 3.35. The minimum atomic E-state index is -0.530. The summed E-state index contributed by atoms with van der Waals surface area (Å²) < 4.78 is 5.83. The van der Waals surface area contributed by atoms with Gasteiger partial charge >= 0.3 is 0 Å². The summed E-state index contributed by atoms with van der Waals surface area (Å²) in [5.41, 5.74) is 14.2. The first-order valence-corrected chi connectivity index (χ1v) is 9.55. The fourth-order valence-electron chi connectivity index (χ4n) is 3.86. The van der Waals surface area contributed by atoms with E-state index in [9.17, 15) is 4.79 Å². The molecule has 1 amide bonds. The van der Waals surface area contributed by atoms with E-state index in [4.69, 9.17) is 21.2 Å². The van der Waals surface area contributed by atoms with Crippen molar-refractivity contribution in [3.8, 4) is 11.5 Å². The first-order chi connectivity index (χ1) is 13.6. The predicted octanol–water partition coefficient (Wildman–Crippen LogP) is 2.35. The summed E-state index contributed by atoms with van der Waals surface area (Å²) in [5.74, 6) is 1.27. The summed E-state index contributed by atoms with van der Waals surface area (Å²) in [6, 6.07) is 16.9. The average Bonchev–Trinajstić information content (AvgIpc) is 3.07. The van der Waals surface area contributed by atoms with E-state index in [0.29, 0.717) is 28.6 Å². The molecule has 0 aliphatic carbocycles. The number of rotatable bonds is 5. The monoisotopic (exact) mass is 376 g/mol. The molecule has 0 saturated carbocycles.